The van der Waals surface area contributed by atoms with Gasteiger partial charge >= 0.3 is 0 Å². The summed E-state index contributed by atoms with van der Waals surface area (Å²) in [5.74, 6) is 0.374. The maximum absolute atomic E-state index is 12.2. The Labute approximate surface area is 133 Å². The normalized spacial score (nSPS) is 10.2. The molecule has 0 radical (unpaired) electrons. The van der Waals surface area contributed by atoms with Crippen molar-refractivity contribution in [3.8, 4) is 5.75 Å². The number of rotatable bonds is 3. The molecule has 4 nitrogen and oxygen atoms in total. The number of hydrogen-bond donors (Lipinski definition) is 2. The Kier molecular flexibility index (Phi) is 4.67. The van der Waals surface area contributed by atoms with Crippen LogP contribution >= 0.6 is 31.9 Å². The molecule has 0 atom stereocenters. The fourth-order valence-electron chi connectivity index (χ4n) is 1.68. The average Bonchev–Trinajstić information content (AvgIpc) is 2.42. The van der Waals surface area contributed by atoms with Crippen LogP contribution in [0, 0.1) is 0 Å². The van der Waals surface area contributed by atoms with Gasteiger partial charge in [0.1, 0.15) is 5.75 Å². The van der Waals surface area contributed by atoms with E-state index in [0.717, 1.165) is 4.47 Å². The number of carbonyl (C=O) groups excluding carboxylic acids is 1. The lowest BCUT2D eigenvalue weighted by Gasteiger charge is -2.11. The van der Waals surface area contributed by atoms with E-state index in [9.17, 15) is 4.79 Å². The van der Waals surface area contributed by atoms with Crippen molar-refractivity contribution in [3.05, 3.63) is 50.9 Å². The molecule has 0 bridgehead atoms. The molecular weight excluding hydrogens is 388 g/mol. The number of halogens is 2. The summed E-state index contributed by atoms with van der Waals surface area (Å²) in [5.41, 5.74) is 7.42. The lowest BCUT2D eigenvalue weighted by atomic mass is 10.2. The van der Waals surface area contributed by atoms with Crippen molar-refractivity contribution in [2.24, 2.45) is 0 Å². The zero-order chi connectivity index (χ0) is 14.7. The molecule has 0 spiro atoms. The number of amides is 1. The lowest BCUT2D eigenvalue weighted by molar-refractivity contribution is 0.102. The highest BCUT2D eigenvalue weighted by Crippen LogP contribution is 2.33. The molecular formula is C14H12Br2N2O2. The highest BCUT2D eigenvalue weighted by Gasteiger charge is 2.12. The molecule has 0 saturated heterocycles. The first kappa shape index (κ1) is 14.9. The quantitative estimate of drug-likeness (QED) is 0.765. The van der Waals surface area contributed by atoms with E-state index in [1.807, 2.05) is 6.07 Å². The molecule has 6 heteroatoms. The highest BCUT2D eigenvalue weighted by molar-refractivity contribution is 9.11. The number of nitrogens with two attached hydrogens (primary N) is 1. The first-order valence-electron chi connectivity index (χ1n) is 5.71. The Morgan fingerprint density at radius 2 is 2.00 bits per heavy atom. The molecule has 104 valence electrons. The number of nitrogen functional groups attached to an aromatic ring is 1. The van der Waals surface area contributed by atoms with Gasteiger partial charge in [-0.15, -0.1) is 0 Å². The Morgan fingerprint density at radius 1 is 1.25 bits per heavy atom. The van der Waals surface area contributed by atoms with Gasteiger partial charge in [0.15, 0.2) is 0 Å². The van der Waals surface area contributed by atoms with Gasteiger partial charge in [0, 0.05) is 14.5 Å². The topological polar surface area (TPSA) is 64.3 Å². The third-order valence-electron chi connectivity index (χ3n) is 2.66. The Hall–Kier alpha value is -1.53. The van der Waals surface area contributed by atoms with E-state index in [1.165, 1.54) is 0 Å². The second-order valence-electron chi connectivity index (χ2n) is 4.04. The highest BCUT2D eigenvalue weighted by atomic mass is 79.9. The molecule has 1 amide bonds. The van der Waals surface area contributed by atoms with E-state index < -0.39 is 0 Å². The van der Waals surface area contributed by atoms with Crippen molar-refractivity contribution in [2.45, 2.75) is 0 Å². The van der Waals surface area contributed by atoms with Crippen molar-refractivity contribution in [1.29, 1.82) is 0 Å². The van der Waals surface area contributed by atoms with Crippen LogP contribution in [0.2, 0.25) is 0 Å². The van der Waals surface area contributed by atoms with Crippen LogP contribution in [-0.2, 0) is 0 Å². The lowest BCUT2D eigenvalue weighted by Crippen LogP contribution is -2.13. The summed E-state index contributed by atoms with van der Waals surface area (Å²) in [6.07, 6.45) is 0. The summed E-state index contributed by atoms with van der Waals surface area (Å²) >= 11 is 6.72. The van der Waals surface area contributed by atoms with Gasteiger partial charge < -0.3 is 15.8 Å². The molecule has 20 heavy (non-hydrogen) atoms. The zero-order valence-corrected chi connectivity index (χ0v) is 13.8. The number of carbonyl (C=O) groups is 1. The van der Waals surface area contributed by atoms with Crippen molar-refractivity contribution >= 4 is 49.1 Å². The molecule has 0 aliphatic heterocycles. The molecule has 0 unspecified atom stereocenters. The second-order valence-corrected chi connectivity index (χ2v) is 5.81. The van der Waals surface area contributed by atoms with Gasteiger partial charge in [-0.1, -0.05) is 22.0 Å². The predicted octanol–water partition coefficient (Wildman–Crippen LogP) is 4.05. The SMILES string of the molecule is COc1cccc(C(=O)Nc2c(N)cc(Br)cc2Br)c1. The van der Waals surface area contributed by atoms with Gasteiger partial charge in [-0.2, -0.15) is 0 Å². The molecule has 0 saturated carbocycles. The zero-order valence-electron chi connectivity index (χ0n) is 10.6. The summed E-state index contributed by atoms with van der Waals surface area (Å²) in [6.45, 7) is 0. The van der Waals surface area contributed by atoms with Crippen molar-refractivity contribution in [2.75, 3.05) is 18.2 Å². The third kappa shape index (κ3) is 3.32. The van der Waals surface area contributed by atoms with E-state index in [4.69, 9.17) is 10.5 Å². The smallest absolute Gasteiger partial charge is 0.255 e. The molecule has 0 aliphatic rings. The van der Waals surface area contributed by atoms with Gasteiger partial charge in [-0.05, 0) is 46.3 Å². The van der Waals surface area contributed by atoms with Gasteiger partial charge in [0.2, 0.25) is 0 Å². The molecule has 0 heterocycles. The van der Waals surface area contributed by atoms with Crippen LogP contribution in [0.1, 0.15) is 10.4 Å². The third-order valence-corrected chi connectivity index (χ3v) is 3.74. The van der Waals surface area contributed by atoms with Gasteiger partial charge in [0.05, 0.1) is 18.5 Å². The fourth-order valence-corrected chi connectivity index (χ4v) is 3.03. The minimum absolute atomic E-state index is 0.251. The number of anilines is 2. The maximum Gasteiger partial charge on any atom is 0.255 e. The number of methoxy groups -OCH3 is 1. The monoisotopic (exact) mass is 398 g/mol. The molecule has 0 aliphatic carbocycles. The van der Waals surface area contributed by atoms with Crippen LogP contribution in [0.5, 0.6) is 5.75 Å². The first-order valence-corrected chi connectivity index (χ1v) is 7.30. The van der Waals surface area contributed by atoms with Crippen LogP contribution in [0.25, 0.3) is 0 Å². The van der Waals surface area contributed by atoms with Crippen LogP contribution < -0.4 is 15.8 Å². The van der Waals surface area contributed by atoms with Gasteiger partial charge in [-0.25, -0.2) is 0 Å². The summed E-state index contributed by atoms with van der Waals surface area (Å²) in [5, 5.41) is 2.79. The van der Waals surface area contributed by atoms with E-state index in [0.29, 0.717) is 27.2 Å². The Balaban J connectivity index is 2.28. The van der Waals surface area contributed by atoms with E-state index >= 15 is 0 Å². The Morgan fingerprint density at radius 3 is 2.65 bits per heavy atom. The second kappa shape index (κ2) is 6.28. The number of nitrogens with one attached hydrogen (secondary N) is 1. The summed E-state index contributed by atoms with van der Waals surface area (Å²) < 4.78 is 6.64. The predicted molar refractivity (Wildman–Crippen MR) is 87.2 cm³/mol. The van der Waals surface area contributed by atoms with Crippen molar-refractivity contribution in [3.63, 3.8) is 0 Å². The fraction of sp³-hybridized carbons (Fsp3) is 0.0714. The molecule has 2 aromatic carbocycles. The molecule has 3 N–H and O–H groups in total. The van der Waals surface area contributed by atoms with Crippen LogP contribution in [0.4, 0.5) is 11.4 Å². The first-order chi connectivity index (χ1) is 9.51. The Bertz CT molecular complexity index is 636. The minimum Gasteiger partial charge on any atom is -0.497 e. The molecule has 2 rings (SSSR count). The minimum atomic E-state index is -0.251. The summed E-state index contributed by atoms with van der Waals surface area (Å²) in [7, 11) is 1.56. The standard InChI is InChI=1S/C14H12Br2N2O2/c1-20-10-4-2-3-8(5-10)14(19)18-13-11(16)6-9(15)7-12(13)17/h2-7H,17H2,1H3,(H,18,19). The number of ether oxygens (including phenoxy) is 1. The van der Waals surface area contributed by atoms with Crippen LogP contribution in [0.3, 0.4) is 0 Å². The van der Waals surface area contributed by atoms with Crippen molar-refractivity contribution < 1.29 is 9.53 Å². The largest absolute Gasteiger partial charge is 0.497 e. The van der Waals surface area contributed by atoms with E-state index in [1.54, 1.807) is 37.4 Å². The van der Waals surface area contributed by atoms with E-state index in [2.05, 4.69) is 37.2 Å². The van der Waals surface area contributed by atoms with Crippen molar-refractivity contribution in [1.82, 2.24) is 0 Å². The number of benzene rings is 2. The van der Waals surface area contributed by atoms with E-state index in [-0.39, 0.29) is 5.91 Å². The summed E-state index contributed by atoms with van der Waals surface area (Å²) in [6, 6.07) is 10.5. The average molecular weight is 400 g/mol. The van der Waals surface area contributed by atoms with Crippen LogP contribution in [-0.4, -0.2) is 13.0 Å². The summed E-state index contributed by atoms with van der Waals surface area (Å²) in [4.78, 5) is 12.2. The van der Waals surface area contributed by atoms with Crippen LogP contribution in [0.15, 0.2) is 45.3 Å². The number of hydrogen-bond acceptors (Lipinski definition) is 3. The molecule has 0 aromatic heterocycles. The van der Waals surface area contributed by atoms with Gasteiger partial charge in [-0.3, -0.25) is 4.79 Å². The van der Waals surface area contributed by atoms with Gasteiger partial charge in [0.25, 0.3) is 5.91 Å². The molecule has 0 fully saturated rings. The molecule has 2 aromatic rings. The maximum atomic E-state index is 12.2.